The topological polar surface area (TPSA) is 37.4 Å². The molecule has 1 aliphatic heterocycles. The van der Waals surface area contributed by atoms with E-state index in [9.17, 15) is 9.00 Å². The first-order valence-electron chi connectivity index (χ1n) is 4.65. The molecule has 0 saturated carbocycles. The normalized spacial score (nSPS) is 24.3. The second-order valence-corrected chi connectivity index (χ2v) is 5.14. The van der Waals surface area contributed by atoms with Crippen LogP contribution in [0.4, 0.5) is 0 Å². The maximum Gasteiger partial charge on any atom is 0.135 e. The summed E-state index contributed by atoms with van der Waals surface area (Å²) in [6.07, 6.45) is 3.06. The Labute approximate surface area is 81.9 Å². The fraction of sp³-hybridized carbons (Fsp3) is 0.889. The zero-order valence-corrected chi connectivity index (χ0v) is 9.10. The molecule has 0 aromatic carbocycles. The average Bonchev–Trinajstić information content (AvgIpc) is 2.04. The minimum atomic E-state index is -0.733. The van der Waals surface area contributed by atoms with Crippen molar-refractivity contribution >= 4 is 16.6 Å². The van der Waals surface area contributed by atoms with Crippen LogP contribution < -0.4 is 0 Å². The van der Waals surface area contributed by atoms with Crippen LogP contribution in [0.2, 0.25) is 0 Å². The molecule has 0 amide bonds. The molecule has 1 heterocycles. The summed E-state index contributed by atoms with van der Waals surface area (Å²) < 4.78 is 11.0. The van der Waals surface area contributed by atoms with E-state index in [0.29, 0.717) is 30.4 Å². The third-order valence-corrected chi connectivity index (χ3v) is 3.41. The quantitative estimate of drug-likeness (QED) is 0.667. The Balaban J connectivity index is 2.35. The van der Waals surface area contributed by atoms with Crippen LogP contribution >= 0.6 is 0 Å². The van der Waals surface area contributed by atoms with Crippen LogP contribution in [0.3, 0.4) is 0 Å². The molecule has 0 spiro atoms. The highest BCUT2D eigenvalue weighted by molar-refractivity contribution is 7.84. The molecule has 0 bridgehead atoms. The van der Waals surface area contributed by atoms with E-state index in [4.69, 9.17) is 0 Å². The molecule has 0 aliphatic carbocycles. The van der Waals surface area contributed by atoms with Crippen molar-refractivity contribution in [2.45, 2.75) is 25.8 Å². The van der Waals surface area contributed by atoms with Gasteiger partial charge in [-0.2, -0.15) is 0 Å². The first kappa shape index (κ1) is 10.9. The van der Waals surface area contributed by atoms with Gasteiger partial charge in [0, 0.05) is 54.8 Å². The van der Waals surface area contributed by atoms with Crippen LogP contribution in [-0.4, -0.2) is 46.0 Å². The maximum atomic E-state index is 11.0. The maximum absolute atomic E-state index is 11.0. The predicted octanol–water partition coefficient (Wildman–Crippen LogP) is 0.418. The fourth-order valence-electron chi connectivity index (χ4n) is 1.66. The van der Waals surface area contributed by atoms with E-state index in [1.165, 1.54) is 0 Å². The minimum absolute atomic E-state index is 0.346. The van der Waals surface area contributed by atoms with Crippen molar-refractivity contribution < 1.29 is 9.00 Å². The molecule has 76 valence electrons. The van der Waals surface area contributed by atoms with Gasteiger partial charge in [-0.1, -0.05) is 0 Å². The molecule has 0 aromatic heterocycles. The van der Waals surface area contributed by atoms with Crippen molar-refractivity contribution in [3.63, 3.8) is 0 Å². The number of ketones is 1. The highest BCUT2D eigenvalue weighted by atomic mass is 32.2. The van der Waals surface area contributed by atoms with E-state index in [0.717, 1.165) is 13.1 Å². The van der Waals surface area contributed by atoms with Gasteiger partial charge in [-0.25, -0.2) is 0 Å². The van der Waals surface area contributed by atoms with Crippen molar-refractivity contribution in [3.05, 3.63) is 0 Å². The molecule has 4 heteroatoms. The predicted molar refractivity (Wildman–Crippen MR) is 54.2 cm³/mol. The summed E-state index contributed by atoms with van der Waals surface area (Å²) in [6.45, 7) is 3.77. The van der Waals surface area contributed by atoms with Crippen molar-refractivity contribution in [2.24, 2.45) is 0 Å². The number of hydrogen-bond donors (Lipinski definition) is 0. The van der Waals surface area contributed by atoms with Gasteiger partial charge in [0.15, 0.2) is 0 Å². The van der Waals surface area contributed by atoms with Crippen LogP contribution in [0.15, 0.2) is 0 Å². The molecule has 0 radical (unpaired) electrons. The van der Waals surface area contributed by atoms with Crippen LogP contribution in [0, 0.1) is 0 Å². The van der Waals surface area contributed by atoms with Crippen molar-refractivity contribution in [1.29, 1.82) is 0 Å². The van der Waals surface area contributed by atoms with Crippen molar-refractivity contribution in [3.8, 4) is 0 Å². The lowest BCUT2D eigenvalue weighted by Crippen LogP contribution is -2.42. The van der Waals surface area contributed by atoms with Gasteiger partial charge in [0.1, 0.15) is 5.78 Å². The molecule has 2 unspecified atom stereocenters. The monoisotopic (exact) mass is 203 g/mol. The average molecular weight is 203 g/mol. The molecular weight excluding hydrogens is 186 g/mol. The molecule has 0 aromatic rings. The summed E-state index contributed by atoms with van der Waals surface area (Å²) in [5.74, 6) is 1.08. The third kappa shape index (κ3) is 3.56. The van der Waals surface area contributed by atoms with E-state index in [-0.39, 0.29) is 0 Å². The second-order valence-electron chi connectivity index (χ2n) is 3.66. The lowest BCUT2D eigenvalue weighted by atomic mass is 10.1. The number of carbonyl (C=O) groups is 1. The zero-order chi connectivity index (χ0) is 9.84. The Morgan fingerprint density at radius 2 is 2.00 bits per heavy atom. The van der Waals surface area contributed by atoms with Gasteiger partial charge in [0.25, 0.3) is 0 Å². The summed E-state index contributed by atoms with van der Waals surface area (Å²) >= 11 is 0. The Kier molecular flexibility index (Phi) is 4.06. The van der Waals surface area contributed by atoms with Crippen LogP contribution in [0.5, 0.6) is 0 Å². The minimum Gasteiger partial charge on any atom is -0.300 e. The molecule has 1 saturated heterocycles. The molecular formula is C9H17NO2S. The number of rotatable bonds is 3. The first-order valence-corrected chi connectivity index (χ1v) is 6.38. The lowest BCUT2D eigenvalue weighted by molar-refractivity contribution is -0.121. The largest absolute Gasteiger partial charge is 0.300 e. The van der Waals surface area contributed by atoms with Crippen LogP contribution in [-0.2, 0) is 15.6 Å². The summed E-state index contributed by atoms with van der Waals surface area (Å²) in [7, 11) is -0.733. The molecule has 3 nitrogen and oxygen atoms in total. The van der Waals surface area contributed by atoms with Gasteiger partial charge < -0.3 is 0 Å². The molecule has 2 atom stereocenters. The van der Waals surface area contributed by atoms with E-state index in [2.05, 4.69) is 11.8 Å². The molecule has 1 aliphatic rings. The van der Waals surface area contributed by atoms with Crippen LogP contribution in [0.25, 0.3) is 0 Å². The van der Waals surface area contributed by atoms with E-state index < -0.39 is 10.8 Å². The van der Waals surface area contributed by atoms with Gasteiger partial charge >= 0.3 is 0 Å². The van der Waals surface area contributed by atoms with E-state index >= 15 is 0 Å². The Morgan fingerprint density at radius 3 is 2.46 bits per heavy atom. The lowest BCUT2D eigenvalue weighted by Gasteiger charge is -2.31. The number of likely N-dealkylation sites (tertiary alicyclic amines) is 1. The Morgan fingerprint density at radius 1 is 1.46 bits per heavy atom. The third-order valence-electron chi connectivity index (χ3n) is 2.45. The SMILES string of the molecule is CC(CS(C)=O)N1CCC(=O)CC1. The summed E-state index contributed by atoms with van der Waals surface area (Å²) in [4.78, 5) is 13.2. The fourth-order valence-corrected chi connectivity index (χ4v) is 2.55. The molecule has 0 N–H and O–H groups in total. The van der Waals surface area contributed by atoms with Gasteiger partial charge in [0.2, 0.25) is 0 Å². The first-order chi connectivity index (χ1) is 6.09. The second kappa shape index (κ2) is 4.86. The molecule has 1 fully saturated rings. The summed E-state index contributed by atoms with van der Waals surface area (Å²) in [5.41, 5.74) is 0. The Bertz CT molecular complexity index is 208. The standard InChI is InChI=1S/C9H17NO2S/c1-8(7-13(2)12)10-5-3-9(11)4-6-10/h8H,3-7H2,1-2H3. The molecule has 1 rings (SSSR count). The van der Waals surface area contributed by atoms with Gasteiger partial charge in [0.05, 0.1) is 0 Å². The highest BCUT2D eigenvalue weighted by Gasteiger charge is 2.20. The number of hydrogen-bond acceptors (Lipinski definition) is 3. The van der Waals surface area contributed by atoms with Gasteiger partial charge in [-0.05, 0) is 6.92 Å². The zero-order valence-electron chi connectivity index (χ0n) is 8.28. The van der Waals surface area contributed by atoms with E-state index in [1.54, 1.807) is 6.26 Å². The summed E-state index contributed by atoms with van der Waals surface area (Å²) in [6, 6.07) is 0.346. The summed E-state index contributed by atoms with van der Waals surface area (Å²) in [5, 5.41) is 0. The number of carbonyl (C=O) groups excluding carboxylic acids is 1. The number of piperidine rings is 1. The van der Waals surface area contributed by atoms with Gasteiger partial charge in [-0.15, -0.1) is 0 Å². The van der Waals surface area contributed by atoms with Crippen LogP contribution in [0.1, 0.15) is 19.8 Å². The highest BCUT2D eigenvalue weighted by Crippen LogP contribution is 2.09. The molecule has 13 heavy (non-hydrogen) atoms. The van der Waals surface area contributed by atoms with E-state index in [1.807, 2.05) is 0 Å². The number of nitrogens with zero attached hydrogens (tertiary/aromatic N) is 1. The van der Waals surface area contributed by atoms with Crippen molar-refractivity contribution in [2.75, 3.05) is 25.1 Å². The number of Topliss-reactive ketones (excluding diaryl/α,β-unsaturated/α-hetero) is 1. The van der Waals surface area contributed by atoms with Gasteiger partial charge in [-0.3, -0.25) is 13.9 Å². The Hall–Kier alpha value is -0.220. The van der Waals surface area contributed by atoms with Crippen molar-refractivity contribution in [1.82, 2.24) is 4.90 Å². The smallest absolute Gasteiger partial charge is 0.135 e.